The summed E-state index contributed by atoms with van der Waals surface area (Å²) in [5, 5.41) is 20.1. The molecule has 5 aromatic rings. The van der Waals surface area contributed by atoms with Gasteiger partial charge in [-0.05, 0) is 37.3 Å². The predicted octanol–water partition coefficient (Wildman–Crippen LogP) is 2.01. The van der Waals surface area contributed by atoms with Gasteiger partial charge < -0.3 is 11.1 Å². The normalized spacial score (nSPS) is 11.1. The molecule has 0 saturated carbocycles. The lowest BCUT2D eigenvalue weighted by Gasteiger charge is -2.08. The van der Waals surface area contributed by atoms with Crippen LogP contribution in [0.4, 0.5) is 17.5 Å². The molecule has 0 atom stereocenters. The fourth-order valence-corrected chi connectivity index (χ4v) is 3.13. The van der Waals surface area contributed by atoms with Crippen molar-refractivity contribution in [1.29, 1.82) is 0 Å². The van der Waals surface area contributed by atoms with Crippen molar-refractivity contribution in [3.63, 3.8) is 0 Å². The lowest BCUT2D eigenvalue weighted by Crippen LogP contribution is -2.04. The number of nitrogen functional groups attached to an aromatic ring is 1. The Morgan fingerprint density at radius 1 is 0.933 bits per heavy atom. The van der Waals surface area contributed by atoms with Crippen molar-refractivity contribution in [2.45, 2.75) is 6.92 Å². The Labute approximate surface area is 170 Å². The van der Waals surface area contributed by atoms with E-state index < -0.39 is 0 Å². The number of aryl methyl sites for hydroxylation is 2. The van der Waals surface area contributed by atoms with Crippen LogP contribution >= 0.6 is 0 Å². The molecule has 0 aliphatic carbocycles. The van der Waals surface area contributed by atoms with Crippen molar-refractivity contribution in [1.82, 2.24) is 44.5 Å². The molecule has 0 radical (unpaired) electrons. The number of nitrogens with two attached hydrogens (primary N) is 1. The monoisotopic (exact) mass is 399 g/mol. The fourth-order valence-electron chi connectivity index (χ4n) is 3.13. The van der Waals surface area contributed by atoms with Crippen LogP contribution in [0.15, 0.2) is 48.8 Å². The molecule has 0 aliphatic rings. The zero-order chi connectivity index (χ0) is 20.7. The van der Waals surface area contributed by atoms with E-state index in [-0.39, 0.29) is 0 Å². The van der Waals surface area contributed by atoms with Crippen LogP contribution in [0.3, 0.4) is 0 Å². The quantitative estimate of drug-likeness (QED) is 0.465. The third kappa shape index (κ3) is 3.17. The molecule has 148 valence electrons. The summed E-state index contributed by atoms with van der Waals surface area (Å²) in [5.74, 6) is 2.02. The molecule has 0 saturated heterocycles. The van der Waals surface area contributed by atoms with Gasteiger partial charge in [0.1, 0.15) is 28.7 Å². The maximum atomic E-state index is 6.24. The molecule has 5 aromatic heterocycles. The molecule has 0 amide bonds. The molecule has 5 heterocycles. The van der Waals surface area contributed by atoms with Crippen LogP contribution in [0.5, 0.6) is 0 Å². The van der Waals surface area contributed by atoms with Crippen LogP contribution in [0.1, 0.15) is 5.82 Å². The second-order valence-electron chi connectivity index (χ2n) is 6.63. The largest absolute Gasteiger partial charge is 0.382 e. The van der Waals surface area contributed by atoms with Crippen molar-refractivity contribution >= 4 is 23.1 Å². The molecule has 3 N–H and O–H groups in total. The molecule has 0 unspecified atom stereocenters. The average molecular weight is 399 g/mol. The second kappa shape index (κ2) is 6.88. The highest BCUT2D eigenvalue weighted by Gasteiger charge is 2.17. The summed E-state index contributed by atoms with van der Waals surface area (Å²) < 4.78 is 3.40. The Bertz CT molecular complexity index is 1350. The Hall–Kier alpha value is -4.41. The third-order valence-corrected chi connectivity index (χ3v) is 4.39. The third-order valence-electron chi connectivity index (χ3n) is 4.39. The molecular weight excluding hydrogens is 382 g/mol. The topological polar surface area (TPSA) is 138 Å². The summed E-state index contributed by atoms with van der Waals surface area (Å²) in [5.41, 5.74) is 9.47. The van der Waals surface area contributed by atoms with E-state index in [0.29, 0.717) is 46.0 Å². The number of fused-ring (bicyclic) bond motifs is 1. The van der Waals surface area contributed by atoms with Gasteiger partial charge in [-0.1, -0.05) is 0 Å². The number of hydrogen-bond acceptors (Lipinski definition) is 9. The van der Waals surface area contributed by atoms with E-state index in [1.54, 1.807) is 40.5 Å². The molecule has 11 nitrogen and oxygen atoms in total. The molecule has 5 rings (SSSR count). The first-order valence-corrected chi connectivity index (χ1v) is 9.13. The maximum Gasteiger partial charge on any atom is 0.156 e. The predicted molar refractivity (Wildman–Crippen MR) is 111 cm³/mol. The van der Waals surface area contributed by atoms with Crippen LogP contribution in [-0.4, -0.2) is 44.5 Å². The smallest absolute Gasteiger partial charge is 0.156 e. The van der Waals surface area contributed by atoms with Crippen LogP contribution in [0.25, 0.3) is 28.4 Å². The minimum atomic E-state index is 0.323. The van der Waals surface area contributed by atoms with E-state index in [1.165, 1.54) is 0 Å². The number of hydrogen-bond donors (Lipinski definition) is 2. The van der Waals surface area contributed by atoms with Gasteiger partial charge in [0.05, 0.1) is 5.69 Å². The first-order valence-electron chi connectivity index (χ1n) is 9.13. The summed E-state index contributed by atoms with van der Waals surface area (Å²) in [6.45, 7) is 1.80. The van der Waals surface area contributed by atoms with Crippen molar-refractivity contribution in [2.75, 3.05) is 11.1 Å². The second-order valence-corrected chi connectivity index (χ2v) is 6.63. The number of imidazole rings is 1. The number of nitrogens with zero attached hydrogens (tertiary/aromatic N) is 9. The zero-order valence-corrected chi connectivity index (χ0v) is 16.2. The van der Waals surface area contributed by atoms with Gasteiger partial charge in [0.2, 0.25) is 0 Å². The molecule has 30 heavy (non-hydrogen) atoms. The van der Waals surface area contributed by atoms with E-state index in [1.807, 2.05) is 31.4 Å². The first-order chi connectivity index (χ1) is 14.6. The molecule has 0 bridgehead atoms. The SMILES string of the molecule is Cc1nc(Nc2cccnn2)cc(-c2c(N)nc3ccc(-c4ccn(C)n4)nn23)n1. The van der Waals surface area contributed by atoms with Gasteiger partial charge in [0, 0.05) is 25.5 Å². The average Bonchev–Trinajstić information content (AvgIpc) is 3.30. The highest BCUT2D eigenvalue weighted by Crippen LogP contribution is 2.28. The van der Waals surface area contributed by atoms with Crippen LogP contribution in [-0.2, 0) is 7.05 Å². The van der Waals surface area contributed by atoms with Gasteiger partial charge in [0.25, 0.3) is 0 Å². The minimum absolute atomic E-state index is 0.323. The van der Waals surface area contributed by atoms with Crippen LogP contribution in [0, 0.1) is 6.92 Å². The summed E-state index contributed by atoms with van der Waals surface area (Å²) >= 11 is 0. The molecule has 0 aromatic carbocycles. The lowest BCUT2D eigenvalue weighted by molar-refractivity contribution is 0.768. The Morgan fingerprint density at radius 2 is 1.80 bits per heavy atom. The van der Waals surface area contributed by atoms with Gasteiger partial charge in [0.15, 0.2) is 17.3 Å². The van der Waals surface area contributed by atoms with Crippen molar-refractivity contribution in [3.8, 4) is 22.8 Å². The van der Waals surface area contributed by atoms with Gasteiger partial charge in [-0.15, -0.1) is 5.10 Å². The minimum Gasteiger partial charge on any atom is -0.382 e. The van der Waals surface area contributed by atoms with Crippen LogP contribution in [0.2, 0.25) is 0 Å². The van der Waals surface area contributed by atoms with Crippen molar-refractivity contribution < 1.29 is 0 Å². The standard InChI is InChI=1S/C19H17N11/c1-11-22-14(10-16(23-11)24-15-4-3-8-21-26-15)18-19(20)25-17-6-5-12(28-30(17)18)13-7-9-29(2)27-13/h3-10H,20H2,1-2H3,(H,22,23,24,26). The summed E-state index contributed by atoms with van der Waals surface area (Å²) in [4.78, 5) is 13.4. The first kappa shape index (κ1) is 17.7. The van der Waals surface area contributed by atoms with E-state index in [0.717, 1.165) is 5.69 Å². The molecule has 0 spiro atoms. The molecule has 0 aliphatic heterocycles. The summed E-state index contributed by atoms with van der Waals surface area (Å²) in [6, 6.07) is 11.0. The molecular formula is C19H17N11. The fraction of sp³-hybridized carbons (Fsp3) is 0.105. The summed E-state index contributed by atoms with van der Waals surface area (Å²) in [7, 11) is 1.86. The van der Waals surface area contributed by atoms with Gasteiger partial charge in [-0.2, -0.15) is 15.3 Å². The molecule has 11 heteroatoms. The zero-order valence-electron chi connectivity index (χ0n) is 16.2. The number of aromatic nitrogens is 9. The Kier molecular flexibility index (Phi) is 4.05. The lowest BCUT2D eigenvalue weighted by atomic mass is 10.2. The Morgan fingerprint density at radius 3 is 2.57 bits per heavy atom. The summed E-state index contributed by atoms with van der Waals surface area (Å²) in [6.07, 6.45) is 3.47. The highest BCUT2D eigenvalue weighted by atomic mass is 15.3. The number of nitrogens with one attached hydrogen (secondary N) is 1. The van der Waals surface area contributed by atoms with E-state index in [2.05, 4.69) is 35.6 Å². The number of rotatable bonds is 4. The Balaban J connectivity index is 1.62. The highest BCUT2D eigenvalue weighted by molar-refractivity contribution is 5.75. The van der Waals surface area contributed by atoms with E-state index in [4.69, 9.17) is 10.8 Å². The van der Waals surface area contributed by atoms with Crippen LogP contribution < -0.4 is 11.1 Å². The van der Waals surface area contributed by atoms with E-state index in [9.17, 15) is 0 Å². The molecule has 0 fully saturated rings. The van der Waals surface area contributed by atoms with Crippen molar-refractivity contribution in [3.05, 3.63) is 54.6 Å². The maximum absolute atomic E-state index is 6.24. The van der Waals surface area contributed by atoms with Gasteiger partial charge in [-0.25, -0.2) is 19.5 Å². The van der Waals surface area contributed by atoms with Gasteiger partial charge in [-0.3, -0.25) is 4.68 Å². The van der Waals surface area contributed by atoms with E-state index >= 15 is 0 Å². The van der Waals surface area contributed by atoms with Crippen molar-refractivity contribution in [2.24, 2.45) is 7.05 Å². The van der Waals surface area contributed by atoms with Gasteiger partial charge >= 0.3 is 0 Å². The number of anilines is 3.